The van der Waals surface area contributed by atoms with Gasteiger partial charge in [-0.25, -0.2) is 9.59 Å². The van der Waals surface area contributed by atoms with Crippen molar-refractivity contribution in [3.05, 3.63) is 90.3 Å². The molecule has 1 aromatic heterocycles. The molecule has 0 bridgehead atoms. The number of carboxylic acids is 2. The molecule has 0 saturated carbocycles. The van der Waals surface area contributed by atoms with E-state index in [9.17, 15) is 0 Å². The zero-order valence-electron chi connectivity index (χ0n) is 18.2. The predicted molar refractivity (Wildman–Crippen MR) is 123 cm³/mol. The lowest BCUT2D eigenvalue weighted by Gasteiger charge is -2.34. The maximum atomic E-state index is 9.10. The number of piperazine rings is 1. The molecule has 33 heavy (non-hydrogen) atoms. The molecule has 0 radical (unpaired) electrons. The first-order valence-corrected chi connectivity index (χ1v) is 10.6. The quantitative estimate of drug-likeness (QED) is 0.553. The summed E-state index contributed by atoms with van der Waals surface area (Å²) in [6.45, 7) is 6.31. The Hall–Kier alpha value is -3.75. The van der Waals surface area contributed by atoms with E-state index in [1.807, 2.05) is 54.9 Å². The number of para-hydroxylation sites is 1. The van der Waals surface area contributed by atoms with Crippen molar-refractivity contribution in [3.63, 3.8) is 0 Å². The molecule has 0 atom stereocenters. The highest BCUT2D eigenvalue weighted by atomic mass is 16.5. The summed E-state index contributed by atoms with van der Waals surface area (Å²) in [7, 11) is 0. The van der Waals surface area contributed by atoms with E-state index < -0.39 is 11.9 Å². The van der Waals surface area contributed by atoms with E-state index in [1.54, 1.807) is 0 Å². The number of pyridine rings is 1. The minimum atomic E-state index is -1.82. The first-order valence-electron chi connectivity index (χ1n) is 10.6. The van der Waals surface area contributed by atoms with Gasteiger partial charge in [-0.1, -0.05) is 36.4 Å². The van der Waals surface area contributed by atoms with Crippen molar-refractivity contribution < 1.29 is 24.5 Å². The average molecular weight is 450 g/mol. The Bertz CT molecular complexity index is 1010. The number of benzene rings is 2. The fourth-order valence-electron chi connectivity index (χ4n) is 3.45. The van der Waals surface area contributed by atoms with Crippen LogP contribution in [-0.4, -0.2) is 63.1 Å². The fraction of sp³-hybridized carbons (Fsp3) is 0.240. The summed E-state index contributed by atoms with van der Waals surface area (Å²) in [6, 6.07) is 22.5. The molecule has 0 aliphatic carbocycles. The van der Waals surface area contributed by atoms with Gasteiger partial charge in [-0.05, 0) is 41.5 Å². The lowest BCUT2D eigenvalue weighted by molar-refractivity contribution is -0.159. The third-order valence-electron chi connectivity index (χ3n) is 5.06. The second kappa shape index (κ2) is 12.3. The lowest BCUT2D eigenvalue weighted by Crippen LogP contribution is -2.45. The standard InChI is InChI=1S/C23H25N3O.C2H2O4/c1-2-8-22(9-3-1)27-23-10-4-6-20(16-23)18-25-12-14-26(15-13-25)19-21-7-5-11-24-17-21;3-1(4)2(5)6/h1-11,16-17H,12-15,18-19H2;(H,3,4)(H,5,6). The Morgan fingerprint density at radius 3 is 1.91 bits per heavy atom. The molecule has 0 unspecified atom stereocenters. The molecule has 1 aliphatic rings. The van der Waals surface area contributed by atoms with Gasteiger partial charge in [-0.2, -0.15) is 0 Å². The van der Waals surface area contributed by atoms with Crippen molar-refractivity contribution in [2.45, 2.75) is 13.1 Å². The van der Waals surface area contributed by atoms with E-state index in [1.165, 1.54) is 11.1 Å². The number of aliphatic carboxylic acids is 2. The molecule has 2 N–H and O–H groups in total. The molecule has 8 nitrogen and oxygen atoms in total. The summed E-state index contributed by atoms with van der Waals surface area (Å²) in [6.07, 6.45) is 3.79. The van der Waals surface area contributed by atoms with Crippen LogP contribution in [0.15, 0.2) is 79.1 Å². The molecule has 1 aliphatic heterocycles. The molecule has 0 spiro atoms. The summed E-state index contributed by atoms with van der Waals surface area (Å²) in [4.78, 5) is 27.4. The van der Waals surface area contributed by atoms with E-state index in [2.05, 4.69) is 39.0 Å². The maximum Gasteiger partial charge on any atom is 0.414 e. The van der Waals surface area contributed by atoms with E-state index >= 15 is 0 Å². The van der Waals surface area contributed by atoms with Gasteiger partial charge in [0.1, 0.15) is 11.5 Å². The SMILES string of the molecule is O=C(O)C(=O)O.c1ccc(Oc2cccc(CN3CCN(Cc4cccnc4)CC3)c2)cc1. The van der Waals surface area contributed by atoms with Crippen molar-refractivity contribution in [1.82, 2.24) is 14.8 Å². The smallest absolute Gasteiger partial charge is 0.414 e. The largest absolute Gasteiger partial charge is 0.473 e. The maximum absolute atomic E-state index is 9.10. The Kier molecular flexibility index (Phi) is 8.93. The zero-order valence-corrected chi connectivity index (χ0v) is 18.2. The summed E-state index contributed by atoms with van der Waals surface area (Å²) >= 11 is 0. The third-order valence-corrected chi connectivity index (χ3v) is 5.06. The molecule has 0 amide bonds. The number of nitrogens with zero attached hydrogens (tertiary/aromatic N) is 3. The van der Waals surface area contributed by atoms with Crippen molar-refractivity contribution in [1.29, 1.82) is 0 Å². The summed E-state index contributed by atoms with van der Waals surface area (Å²) in [5.41, 5.74) is 2.58. The molecule has 8 heteroatoms. The highest BCUT2D eigenvalue weighted by Crippen LogP contribution is 2.22. The molecular weight excluding hydrogens is 422 g/mol. The van der Waals surface area contributed by atoms with Crippen LogP contribution in [0.5, 0.6) is 11.5 Å². The van der Waals surface area contributed by atoms with Gasteiger partial charge in [0.25, 0.3) is 0 Å². The lowest BCUT2D eigenvalue weighted by atomic mass is 10.1. The predicted octanol–water partition coefficient (Wildman–Crippen LogP) is 3.35. The molecule has 2 aromatic carbocycles. The minimum Gasteiger partial charge on any atom is -0.473 e. The van der Waals surface area contributed by atoms with Gasteiger partial charge in [0.15, 0.2) is 0 Å². The van der Waals surface area contributed by atoms with E-state index in [0.717, 1.165) is 50.8 Å². The van der Waals surface area contributed by atoms with Gasteiger partial charge < -0.3 is 14.9 Å². The number of hydrogen-bond acceptors (Lipinski definition) is 6. The summed E-state index contributed by atoms with van der Waals surface area (Å²) in [5, 5.41) is 14.8. The molecule has 172 valence electrons. The van der Waals surface area contributed by atoms with Crippen LogP contribution in [0.3, 0.4) is 0 Å². The number of rotatable bonds is 6. The highest BCUT2D eigenvalue weighted by Gasteiger charge is 2.17. The Labute approximate surface area is 192 Å². The normalized spacial score (nSPS) is 14.1. The average Bonchev–Trinajstić information content (AvgIpc) is 2.82. The van der Waals surface area contributed by atoms with Crippen LogP contribution in [0.2, 0.25) is 0 Å². The Balaban J connectivity index is 0.000000454. The molecule has 2 heterocycles. The summed E-state index contributed by atoms with van der Waals surface area (Å²) < 4.78 is 5.96. The minimum absolute atomic E-state index is 0.874. The van der Waals surface area contributed by atoms with Crippen LogP contribution in [0.25, 0.3) is 0 Å². The molecule has 1 fully saturated rings. The number of ether oxygens (including phenoxy) is 1. The Morgan fingerprint density at radius 2 is 1.33 bits per heavy atom. The van der Waals surface area contributed by atoms with Crippen molar-refractivity contribution >= 4 is 11.9 Å². The molecule has 3 aromatic rings. The molecular formula is C25H27N3O5. The van der Waals surface area contributed by atoms with E-state index in [4.69, 9.17) is 24.5 Å². The monoisotopic (exact) mass is 449 g/mol. The summed E-state index contributed by atoms with van der Waals surface area (Å²) in [5.74, 6) is -1.88. The van der Waals surface area contributed by atoms with Crippen molar-refractivity contribution in [3.8, 4) is 11.5 Å². The fourth-order valence-corrected chi connectivity index (χ4v) is 3.45. The molecule has 1 saturated heterocycles. The Morgan fingerprint density at radius 1 is 0.758 bits per heavy atom. The highest BCUT2D eigenvalue weighted by molar-refractivity contribution is 6.27. The first kappa shape index (κ1) is 23.9. The topological polar surface area (TPSA) is 103 Å². The van der Waals surface area contributed by atoms with Crippen LogP contribution in [0.1, 0.15) is 11.1 Å². The van der Waals surface area contributed by atoms with E-state index in [0.29, 0.717) is 0 Å². The van der Waals surface area contributed by atoms with Gasteiger partial charge >= 0.3 is 11.9 Å². The van der Waals surface area contributed by atoms with Crippen LogP contribution < -0.4 is 4.74 Å². The van der Waals surface area contributed by atoms with Gasteiger partial charge in [0.2, 0.25) is 0 Å². The van der Waals surface area contributed by atoms with Crippen LogP contribution >= 0.6 is 0 Å². The second-order valence-electron chi connectivity index (χ2n) is 7.59. The number of hydrogen-bond donors (Lipinski definition) is 2. The van der Waals surface area contributed by atoms with Gasteiger partial charge in [-0.15, -0.1) is 0 Å². The second-order valence-corrected chi connectivity index (χ2v) is 7.59. The van der Waals surface area contributed by atoms with Gasteiger partial charge in [0, 0.05) is 51.7 Å². The number of carboxylic acid groups (broad SMARTS) is 2. The number of carbonyl (C=O) groups is 2. The number of aromatic nitrogens is 1. The van der Waals surface area contributed by atoms with Gasteiger partial charge in [0.05, 0.1) is 0 Å². The van der Waals surface area contributed by atoms with Gasteiger partial charge in [-0.3, -0.25) is 14.8 Å². The van der Waals surface area contributed by atoms with Crippen LogP contribution in [-0.2, 0) is 22.7 Å². The van der Waals surface area contributed by atoms with Crippen LogP contribution in [0.4, 0.5) is 0 Å². The third kappa shape index (κ3) is 8.36. The van der Waals surface area contributed by atoms with Crippen LogP contribution in [0, 0.1) is 0 Å². The zero-order chi connectivity index (χ0) is 23.5. The van der Waals surface area contributed by atoms with E-state index in [-0.39, 0.29) is 0 Å². The first-order chi connectivity index (χ1) is 16.0. The van der Waals surface area contributed by atoms with Crippen molar-refractivity contribution in [2.75, 3.05) is 26.2 Å². The van der Waals surface area contributed by atoms with Crippen molar-refractivity contribution in [2.24, 2.45) is 0 Å². The molecule has 4 rings (SSSR count).